The molecule has 0 atom stereocenters. The third-order valence-corrected chi connectivity index (χ3v) is 7.95. The quantitative estimate of drug-likeness (QED) is 0.253. The number of hydrogen-bond donors (Lipinski definition) is 2. The summed E-state index contributed by atoms with van der Waals surface area (Å²) in [6, 6.07) is 22.1. The Bertz CT molecular complexity index is 1760. The number of anilines is 2. The van der Waals surface area contributed by atoms with Gasteiger partial charge in [0.15, 0.2) is 0 Å². The van der Waals surface area contributed by atoms with Gasteiger partial charge in [-0.1, -0.05) is 42.5 Å². The number of nitrogens with zero attached hydrogens (tertiary/aromatic N) is 8. The summed E-state index contributed by atoms with van der Waals surface area (Å²) in [5.74, 6) is 0.469. The number of rotatable bonds is 8. The van der Waals surface area contributed by atoms with Gasteiger partial charge in [0.1, 0.15) is 17.5 Å². The molecular weight excluding hydrogens is 552 g/mol. The summed E-state index contributed by atoms with van der Waals surface area (Å²) in [5.41, 5.74) is 5.50. The molecule has 11 heteroatoms. The minimum absolute atomic E-state index is 0.0269. The fraction of sp³-hybridized carbons (Fsp3) is 0.273. The number of amides is 2. The van der Waals surface area contributed by atoms with Crippen LogP contribution in [0.15, 0.2) is 85.5 Å². The van der Waals surface area contributed by atoms with E-state index in [-0.39, 0.29) is 18.1 Å². The number of nitriles is 1. The Morgan fingerprint density at radius 2 is 1.75 bits per heavy atom. The number of hydrogen-bond acceptors (Lipinski definition) is 7. The molecule has 0 bridgehead atoms. The van der Waals surface area contributed by atoms with Gasteiger partial charge < -0.3 is 10.6 Å². The fourth-order valence-corrected chi connectivity index (χ4v) is 5.67. The Labute approximate surface area is 256 Å². The van der Waals surface area contributed by atoms with Crippen molar-refractivity contribution >= 4 is 17.7 Å². The van der Waals surface area contributed by atoms with E-state index in [4.69, 9.17) is 0 Å². The standard InChI is InChI=1S/C33H34N10O/c1-41-17-16-30(40-41)31-25(18-34)20-35-32(39-31)38-27-10-14-29(15-11-27)43(33(44)36-19-23-6-4-3-5-7-23)28-12-8-24(9-13-28)26-21-37-42(2)22-26/h3-9,12-13,16-17,20-22,27,29H,10-11,14-15,19H2,1-2H3,(H,36,44)(H,35,38,39). The Morgan fingerprint density at radius 3 is 2.41 bits per heavy atom. The Hall–Kier alpha value is -5.50. The molecule has 0 unspecified atom stereocenters. The van der Waals surface area contributed by atoms with Crippen molar-refractivity contribution in [2.24, 2.45) is 14.1 Å². The van der Waals surface area contributed by atoms with E-state index in [0.717, 1.165) is 48.1 Å². The first kappa shape index (κ1) is 28.6. The number of benzene rings is 2. The molecule has 1 saturated carbocycles. The van der Waals surface area contributed by atoms with Crippen LogP contribution in [0.25, 0.3) is 22.5 Å². The lowest BCUT2D eigenvalue weighted by Gasteiger charge is -2.37. The molecule has 2 amide bonds. The zero-order valence-corrected chi connectivity index (χ0v) is 24.8. The van der Waals surface area contributed by atoms with Crippen molar-refractivity contribution < 1.29 is 4.79 Å². The van der Waals surface area contributed by atoms with Crippen LogP contribution in [-0.2, 0) is 20.6 Å². The van der Waals surface area contributed by atoms with Crippen molar-refractivity contribution in [1.29, 1.82) is 5.26 Å². The van der Waals surface area contributed by atoms with Crippen LogP contribution in [0, 0.1) is 11.3 Å². The maximum absolute atomic E-state index is 13.7. The summed E-state index contributed by atoms with van der Waals surface area (Å²) < 4.78 is 3.46. The van der Waals surface area contributed by atoms with Crippen molar-refractivity contribution in [2.75, 3.05) is 10.2 Å². The molecule has 1 aliphatic carbocycles. The summed E-state index contributed by atoms with van der Waals surface area (Å²) in [5, 5.41) is 24.9. The number of urea groups is 1. The third kappa shape index (κ3) is 6.44. The Balaban J connectivity index is 1.17. The molecule has 11 nitrogen and oxygen atoms in total. The van der Waals surface area contributed by atoms with Crippen LogP contribution in [0.4, 0.5) is 16.4 Å². The highest BCUT2D eigenvalue weighted by Crippen LogP contribution is 2.31. The highest BCUT2D eigenvalue weighted by atomic mass is 16.2. The van der Waals surface area contributed by atoms with Crippen LogP contribution in [0.3, 0.4) is 0 Å². The van der Waals surface area contributed by atoms with Gasteiger partial charge in [0.05, 0.1) is 18.0 Å². The molecule has 2 aromatic carbocycles. The van der Waals surface area contributed by atoms with E-state index < -0.39 is 0 Å². The molecule has 5 aromatic rings. The molecule has 1 aliphatic rings. The molecule has 3 aromatic heterocycles. The number of carbonyl (C=O) groups is 1. The van der Waals surface area contributed by atoms with E-state index in [9.17, 15) is 10.1 Å². The first-order valence-electron chi connectivity index (χ1n) is 14.7. The first-order chi connectivity index (χ1) is 21.5. The lowest BCUT2D eigenvalue weighted by atomic mass is 9.90. The molecule has 1 fully saturated rings. The molecule has 0 radical (unpaired) electrons. The van der Waals surface area contributed by atoms with Gasteiger partial charge in [-0.2, -0.15) is 15.5 Å². The lowest BCUT2D eigenvalue weighted by Crippen LogP contribution is -2.48. The number of aryl methyl sites for hydroxylation is 2. The Morgan fingerprint density at radius 1 is 0.977 bits per heavy atom. The molecule has 3 heterocycles. The van der Waals surface area contributed by atoms with Crippen molar-refractivity contribution in [2.45, 2.75) is 44.3 Å². The number of aromatic nitrogens is 6. The minimum atomic E-state index is -0.116. The highest BCUT2D eigenvalue weighted by Gasteiger charge is 2.30. The lowest BCUT2D eigenvalue weighted by molar-refractivity contribution is 0.240. The molecule has 6 rings (SSSR count). The molecule has 0 spiro atoms. The molecule has 0 saturated heterocycles. The van der Waals surface area contributed by atoms with Gasteiger partial charge in [-0.15, -0.1) is 0 Å². The molecule has 2 N–H and O–H groups in total. The second-order valence-electron chi connectivity index (χ2n) is 11.1. The average molecular weight is 587 g/mol. The van der Waals surface area contributed by atoms with Crippen LogP contribution in [0.2, 0.25) is 0 Å². The van der Waals surface area contributed by atoms with E-state index in [1.807, 2.05) is 98.2 Å². The number of carbonyl (C=O) groups excluding carboxylic acids is 1. The highest BCUT2D eigenvalue weighted by molar-refractivity contribution is 5.93. The third-order valence-electron chi connectivity index (χ3n) is 7.95. The zero-order valence-electron chi connectivity index (χ0n) is 24.8. The Kier molecular flexibility index (Phi) is 8.32. The van der Waals surface area contributed by atoms with Crippen molar-refractivity contribution in [3.8, 4) is 28.6 Å². The van der Waals surface area contributed by atoms with Crippen LogP contribution < -0.4 is 15.5 Å². The number of nitrogens with one attached hydrogen (secondary N) is 2. The van der Waals surface area contributed by atoms with E-state index in [2.05, 4.69) is 36.9 Å². The van der Waals surface area contributed by atoms with Gasteiger partial charge in [0.25, 0.3) is 0 Å². The van der Waals surface area contributed by atoms with Crippen LogP contribution in [0.1, 0.15) is 36.8 Å². The summed E-state index contributed by atoms with van der Waals surface area (Å²) in [4.78, 5) is 24.7. The van der Waals surface area contributed by atoms with Crippen LogP contribution >= 0.6 is 0 Å². The minimum Gasteiger partial charge on any atom is -0.351 e. The average Bonchev–Trinajstić information content (AvgIpc) is 3.70. The van der Waals surface area contributed by atoms with Gasteiger partial charge in [-0.05, 0) is 55.0 Å². The van der Waals surface area contributed by atoms with E-state index in [1.54, 1.807) is 15.6 Å². The molecule has 0 aliphatic heterocycles. The second kappa shape index (κ2) is 12.8. The smallest absolute Gasteiger partial charge is 0.322 e. The van der Waals surface area contributed by atoms with Crippen molar-refractivity contribution in [3.63, 3.8) is 0 Å². The summed E-state index contributed by atoms with van der Waals surface area (Å²) in [6.45, 7) is 0.454. The van der Waals surface area contributed by atoms with Crippen molar-refractivity contribution in [1.82, 2.24) is 34.8 Å². The van der Waals surface area contributed by atoms with Gasteiger partial charge in [-0.3, -0.25) is 14.3 Å². The largest absolute Gasteiger partial charge is 0.351 e. The second-order valence-corrected chi connectivity index (χ2v) is 11.1. The van der Waals surface area contributed by atoms with Gasteiger partial charge >= 0.3 is 6.03 Å². The predicted octanol–water partition coefficient (Wildman–Crippen LogP) is 5.29. The maximum Gasteiger partial charge on any atom is 0.322 e. The zero-order chi connectivity index (χ0) is 30.5. The van der Waals surface area contributed by atoms with E-state index in [1.165, 1.54) is 0 Å². The normalized spacial score (nSPS) is 16.2. The van der Waals surface area contributed by atoms with Crippen LogP contribution in [0.5, 0.6) is 0 Å². The van der Waals surface area contributed by atoms with Crippen molar-refractivity contribution in [3.05, 3.63) is 96.6 Å². The summed E-state index contributed by atoms with van der Waals surface area (Å²) >= 11 is 0. The van der Waals surface area contributed by atoms with Gasteiger partial charge in [-0.25, -0.2) is 14.8 Å². The maximum atomic E-state index is 13.7. The first-order valence-corrected chi connectivity index (χ1v) is 14.7. The van der Waals surface area contributed by atoms with Gasteiger partial charge in [0, 0.05) is 56.4 Å². The van der Waals surface area contributed by atoms with Crippen LogP contribution in [-0.4, -0.2) is 47.6 Å². The molecule has 222 valence electrons. The molecule has 44 heavy (non-hydrogen) atoms. The predicted molar refractivity (Wildman–Crippen MR) is 168 cm³/mol. The van der Waals surface area contributed by atoms with E-state index in [0.29, 0.717) is 29.4 Å². The fourth-order valence-electron chi connectivity index (χ4n) is 5.67. The topological polar surface area (TPSA) is 130 Å². The van der Waals surface area contributed by atoms with E-state index >= 15 is 0 Å². The van der Waals surface area contributed by atoms with Gasteiger partial charge in [0.2, 0.25) is 5.95 Å². The molecular formula is C33H34N10O. The SMILES string of the molecule is Cn1cc(-c2ccc(N(C(=O)NCc3ccccc3)C3CCC(Nc4ncc(C#N)c(-c5ccn(C)n5)n4)CC3)cc2)cn1. The monoisotopic (exact) mass is 586 g/mol. The summed E-state index contributed by atoms with van der Waals surface area (Å²) in [6.07, 6.45) is 10.5. The summed E-state index contributed by atoms with van der Waals surface area (Å²) in [7, 11) is 3.73.